The number of nitrogens with one attached hydrogen (secondary N) is 1. The second kappa shape index (κ2) is 8.69. The molecule has 4 rings (SSSR count). The van der Waals surface area contributed by atoms with E-state index in [-0.39, 0.29) is 0 Å². The molecule has 0 aromatic carbocycles. The summed E-state index contributed by atoms with van der Waals surface area (Å²) >= 11 is 0. The van der Waals surface area contributed by atoms with Crippen LogP contribution >= 0.6 is 0 Å². The average molecular weight is 349 g/mol. The first-order chi connectivity index (χ1) is 12.3. The van der Waals surface area contributed by atoms with Crippen LogP contribution in [-0.4, -0.2) is 85.2 Å². The van der Waals surface area contributed by atoms with Crippen LogP contribution in [-0.2, 0) is 0 Å². The number of hydrogen-bond donors (Lipinski definition) is 1. The maximum absolute atomic E-state index is 3.72. The zero-order valence-electron chi connectivity index (χ0n) is 16.5. The van der Waals surface area contributed by atoms with Crippen molar-refractivity contribution in [3.8, 4) is 0 Å². The van der Waals surface area contributed by atoms with E-state index < -0.39 is 0 Å². The molecule has 0 amide bonds. The van der Waals surface area contributed by atoms with Crippen molar-refractivity contribution in [1.29, 1.82) is 0 Å². The average Bonchev–Trinajstić information content (AvgIpc) is 3.34. The third-order valence-corrected chi connectivity index (χ3v) is 7.56. The van der Waals surface area contributed by atoms with E-state index in [9.17, 15) is 0 Å². The maximum Gasteiger partial charge on any atom is 0.0264 e. The van der Waals surface area contributed by atoms with Crippen molar-refractivity contribution in [3.63, 3.8) is 0 Å². The van der Waals surface area contributed by atoms with Gasteiger partial charge in [0, 0.05) is 37.8 Å². The van der Waals surface area contributed by atoms with Gasteiger partial charge in [0.25, 0.3) is 0 Å². The molecule has 0 radical (unpaired) electrons. The van der Waals surface area contributed by atoms with Crippen molar-refractivity contribution < 1.29 is 0 Å². The van der Waals surface area contributed by atoms with Crippen molar-refractivity contribution in [2.24, 2.45) is 5.92 Å². The van der Waals surface area contributed by atoms with E-state index in [0.717, 1.165) is 24.0 Å². The van der Waals surface area contributed by atoms with Gasteiger partial charge >= 0.3 is 0 Å². The summed E-state index contributed by atoms with van der Waals surface area (Å²) in [4.78, 5) is 8.50. The summed E-state index contributed by atoms with van der Waals surface area (Å²) in [5, 5.41) is 3.72. The molecular weight excluding hydrogens is 308 g/mol. The first kappa shape index (κ1) is 18.2. The molecule has 4 atom stereocenters. The summed E-state index contributed by atoms with van der Waals surface area (Å²) in [6, 6.07) is 2.49. The molecule has 0 saturated carbocycles. The first-order valence-electron chi connectivity index (χ1n) is 11.3. The Morgan fingerprint density at radius 1 is 0.920 bits per heavy atom. The molecule has 4 fully saturated rings. The molecule has 4 heterocycles. The number of hydrogen-bond acceptors (Lipinski definition) is 4. The van der Waals surface area contributed by atoms with Gasteiger partial charge in [0.15, 0.2) is 0 Å². The second-order valence-electron chi connectivity index (χ2n) is 9.06. The van der Waals surface area contributed by atoms with Crippen molar-refractivity contribution in [3.05, 3.63) is 0 Å². The number of nitrogens with zero attached hydrogens (tertiary/aromatic N) is 3. The van der Waals surface area contributed by atoms with Gasteiger partial charge in [-0.05, 0) is 83.6 Å². The minimum absolute atomic E-state index is 0.782. The fourth-order valence-electron chi connectivity index (χ4n) is 6.11. The fourth-order valence-corrected chi connectivity index (χ4v) is 6.11. The van der Waals surface area contributed by atoms with Crippen LogP contribution in [0.4, 0.5) is 0 Å². The summed E-state index contributed by atoms with van der Waals surface area (Å²) in [6.45, 7) is 13.0. The Bertz CT molecular complexity index is 409. The molecule has 1 N–H and O–H groups in total. The van der Waals surface area contributed by atoms with E-state index in [2.05, 4.69) is 26.9 Å². The third kappa shape index (κ3) is 4.23. The third-order valence-electron chi connectivity index (χ3n) is 7.56. The Morgan fingerprint density at radius 2 is 1.76 bits per heavy atom. The van der Waals surface area contributed by atoms with Gasteiger partial charge in [-0.2, -0.15) is 0 Å². The van der Waals surface area contributed by atoms with E-state index >= 15 is 0 Å². The van der Waals surface area contributed by atoms with E-state index in [1.165, 1.54) is 104 Å². The van der Waals surface area contributed by atoms with Crippen molar-refractivity contribution in [1.82, 2.24) is 20.0 Å². The molecule has 0 aromatic heterocycles. The van der Waals surface area contributed by atoms with Crippen LogP contribution in [0.2, 0.25) is 0 Å². The molecule has 0 bridgehead atoms. The highest BCUT2D eigenvalue weighted by molar-refractivity contribution is 4.94. The highest BCUT2D eigenvalue weighted by Crippen LogP contribution is 2.29. The Kier molecular flexibility index (Phi) is 6.33. The van der Waals surface area contributed by atoms with Gasteiger partial charge < -0.3 is 10.2 Å². The minimum atomic E-state index is 0.782. The summed E-state index contributed by atoms with van der Waals surface area (Å²) in [6.07, 6.45) is 11.3. The van der Waals surface area contributed by atoms with Gasteiger partial charge in [0.1, 0.15) is 0 Å². The van der Waals surface area contributed by atoms with E-state index in [4.69, 9.17) is 0 Å². The standard InChI is InChI=1S/C21H40N4/c1-2-19-7-3-4-13-25(19)21-15-22-10-8-18(21)16-23-14-9-20(17-23)24-11-5-6-12-24/h18-22H,2-17H2,1H3. The molecule has 0 spiro atoms. The lowest BCUT2D eigenvalue weighted by atomic mass is 9.87. The summed E-state index contributed by atoms with van der Waals surface area (Å²) in [5.41, 5.74) is 0. The van der Waals surface area contributed by atoms with Crippen LogP contribution in [0.5, 0.6) is 0 Å². The number of likely N-dealkylation sites (tertiary alicyclic amines) is 3. The van der Waals surface area contributed by atoms with Crippen molar-refractivity contribution in [2.45, 2.75) is 76.4 Å². The SMILES string of the molecule is CCC1CCCCN1C1CNCCC1CN1CCC(N2CCCC2)C1. The highest BCUT2D eigenvalue weighted by atomic mass is 15.3. The van der Waals surface area contributed by atoms with Crippen molar-refractivity contribution >= 4 is 0 Å². The van der Waals surface area contributed by atoms with Gasteiger partial charge in [0.2, 0.25) is 0 Å². The summed E-state index contributed by atoms with van der Waals surface area (Å²) < 4.78 is 0. The van der Waals surface area contributed by atoms with Crippen LogP contribution < -0.4 is 5.32 Å². The van der Waals surface area contributed by atoms with Gasteiger partial charge in [-0.25, -0.2) is 0 Å². The smallest absolute Gasteiger partial charge is 0.0264 e. The largest absolute Gasteiger partial charge is 0.315 e. The van der Waals surface area contributed by atoms with Gasteiger partial charge in [-0.3, -0.25) is 9.80 Å². The minimum Gasteiger partial charge on any atom is -0.315 e. The van der Waals surface area contributed by atoms with Gasteiger partial charge in [-0.15, -0.1) is 0 Å². The zero-order valence-corrected chi connectivity index (χ0v) is 16.5. The fraction of sp³-hybridized carbons (Fsp3) is 1.00. The van der Waals surface area contributed by atoms with E-state index in [1.807, 2.05) is 0 Å². The lowest BCUT2D eigenvalue weighted by Crippen LogP contribution is -2.58. The Balaban J connectivity index is 1.34. The van der Waals surface area contributed by atoms with Gasteiger partial charge in [-0.1, -0.05) is 13.3 Å². The molecule has 4 nitrogen and oxygen atoms in total. The molecule has 4 heteroatoms. The number of piperidine rings is 2. The molecule has 4 aliphatic rings. The van der Waals surface area contributed by atoms with Crippen LogP contribution in [0, 0.1) is 5.92 Å². The zero-order chi connectivity index (χ0) is 17.1. The molecule has 4 saturated heterocycles. The Labute approximate surface area is 155 Å². The van der Waals surface area contributed by atoms with Crippen LogP contribution in [0.3, 0.4) is 0 Å². The van der Waals surface area contributed by atoms with Crippen molar-refractivity contribution in [2.75, 3.05) is 52.4 Å². The highest BCUT2D eigenvalue weighted by Gasteiger charge is 2.37. The lowest BCUT2D eigenvalue weighted by molar-refractivity contribution is 0.0330. The summed E-state index contributed by atoms with van der Waals surface area (Å²) in [7, 11) is 0. The topological polar surface area (TPSA) is 21.8 Å². The predicted octanol–water partition coefficient (Wildman–Crippen LogP) is 2.40. The van der Waals surface area contributed by atoms with Crippen LogP contribution in [0.25, 0.3) is 0 Å². The van der Waals surface area contributed by atoms with E-state index in [0.29, 0.717) is 0 Å². The van der Waals surface area contributed by atoms with E-state index in [1.54, 1.807) is 0 Å². The summed E-state index contributed by atoms with van der Waals surface area (Å²) in [5.74, 6) is 0.880. The van der Waals surface area contributed by atoms with Crippen LogP contribution in [0.15, 0.2) is 0 Å². The molecule has 4 aliphatic heterocycles. The van der Waals surface area contributed by atoms with Crippen LogP contribution in [0.1, 0.15) is 58.3 Å². The number of rotatable bonds is 5. The Morgan fingerprint density at radius 3 is 2.60 bits per heavy atom. The Hall–Kier alpha value is -0.160. The molecule has 25 heavy (non-hydrogen) atoms. The predicted molar refractivity (Wildman–Crippen MR) is 105 cm³/mol. The maximum atomic E-state index is 3.72. The lowest BCUT2D eigenvalue weighted by Gasteiger charge is -2.47. The molecule has 144 valence electrons. The molecule has 4 unspecified atom stereocenters. The normalized spacial score (nSPS) is 39.2. The molecule has 0 aromatic rings. The molecule has 0 aliphatic carbocycles. The first-order valence-corrected chi connectivity index (χ1v) is 11.3. The second-order valence-corrected chi connectivity index (χ2v) is 9.06. The molecular formula is C21H40N4. The monoisotopic (exact) mass is 348 g/mol. The van der Waals surface area contributed by atoms with Gasteiger partial charge in [0.05, 0.1) is 0 Å². The quantitative estimate of drug-likeness (QED) is 0.823.